The summed E-state index contributed by atoms with van der Waals surface area (Å²) in [6, 6.07) is 7.67. The first kappa shape index (κ1) is 28.6. The number of ether oxygens (including phenoxy) is 3. The van der Waals surface area contributed by atoms with Gasteiger partial charge in [-0.15, -0.1) is 0 Å². The van der Waals surface area contributed by atoms with Gasteiger partial charge in [-0.3, -0.25) is 14.5 Å². The summed E-state index contributed by atoms with van der Waals surface area (Å²) in [4.78, 5) is 34.3. The van der Waals surface area contributed by atoms with E-state index in [1.54, 1.807) is 0 Å². The second-order valence-corrected chi connectivity index (χ2v) is 10.4. The SMILES string of the molecule is COc1cc(F)c([C@@H]2CN(c3nc(N4C[C@H]5C[C@@H]4CO5)ccc3F)C(=O)[C@H]2NC(=O)c2ccc(OC(F)F)cc2)c(F)c1. The lowest BCUT2D eigenvalue weighted by Crippen LogP contribution is -2.44. The van der Waals surface area contributed by atoms with Crippen molar-refractivity contribution in [2.45, 2.75) is 37.1 Å². The quantitative estimate of drug-likeness (QED) is 0.389. The van der Waals surface area contributed by atoms with E-state index in [-0.39, 0.29) is 35.0 Å². The van der Waals surface area contributed by atoms with E-state index in [0.29, 0.717) is 19.0 Å². The summed E-state index contributed by atoms with van der Waals surface area (Å²) >= 11 is 0. The lowest BCUT2D eigenvalue weighted by Gasteiger charge is -2.29. The molecule has 2 bridgehead atoms. The van der Waals surface area contributed by atoms with Crippen molar-refractivity contribution in [1.82, 2.24) is 10.3 Å². The molecule has 4 atom stereocenters. The van der Waals surface area contributed by atoms with Crippen molar-refractivity contribution in [2.75, 3.05) is 36.6 Å². The average molecular weight is 605 g/mol. The topological polar surface area (TPSA) is 93.2 Å². The second kappa shape index (κ2) is 11.3. The van der Waals surface area contributed by atoms with Gasteiger partial charge in [-0.25, -0.2) is 18.2 Å². The number of carbonyl (C=O) groups is 2. The van der Waals surface area contributed by atoms with E-state index < -0.39 is 59.9 Å². The molecule has 0 radical (unpaired) electrons. The number of benzene rings is 2. The molecular weight excluding hydrogens is 579 g/mol. The Morgan fingerprint density at radius 1 is 1.02 bits per heavy atom. The van der Waals surface area contributed by atoms with Gasteiger partial charge in [0.1, 0.15) is 35.0 Å². The largest absolute Gasteiger partial charge is 0.497 e. The molecule has 3 aliphatic heterocycles. The number of methoxy groups -OCH3 is 1. The van der Waals surface area contributed by atoms with Crippen LogP contribution < -0.4 is 24.6 Å². The Kier molecular flexibility index (Phi) is 7.54. The number of halogens is 5. The molecule has 0 aliphatic carbocycles. The highest BCUT2D eigenvalue weighted by Crippen LogP contribution is 2.38. The molecule has 3 aliphatic rings. The Balaban J connectivity index is 1.34. The van der Waals surface area contributed by atoms with Crippen LogP contribution in [0.1, 0.15) is 28.3 Å². The highest BCUT2D eigenvalue weighted by molar-refractivity contribution is 6.04. The summed E-state index contributed by atoms with van der Waals surface area (Å²) in [6.07, 6.45) is 0.813. The zero-order valence-electron chi connectivity index (χ0n) is 22.6. The molecule has 1 aromatic heterocycles. The molecule has 3 fully saturated rings. The van der Waals surface area contributed by atoms with Crippen molar-refractivity contribution < 1.29 is 45.8 Å². The smallest absolute Gasteiger partial charge is 0.387 e. The molecule has 0 unspecified atom stereocenters. The molecule has 2 aromatic carbocycles. The van der Waals surface area contributed by atoms with E-state index in [1.807, 2.05) is 4.90 Å². The van der Waals surface area contributed by atoms with Crippen LogP contribution in [0.3, 0.4) is 0 Å². The monoisotopic (exact) mass is 604 g/mol. The van der Waals surface area contributed by atoms with E-state index in [0.717, 1.165) is 41.7 Å². The lowest BCUT2D eigenvalue weighted by molar-refractivity contribution is -0.118. The number of pyridine rings is 1. The number of nitrogens with one attached hydrogen (secondary N) is 1. The van der Waals surface area contributed by atoms with Crippen LogP contribution in [0.25, 0.3) is 0 Å². The van der Waals surface area contributed by atoms with Gasteiger partial charge in [0.2, 0.25) is 0 Å². The van der Waals surface area contributed by atoms with Crippen molar-refractivity contribution in [2.24, 2.45) is 0 Å². The lowest BCUT2D eigenvalue weighted by atomic mass is 9.92. The maximum absolute atomic E-state index is 15.3. The van der Waals surface area contributed by atoms with Gasteiger partial charge in [0.25, 0.3) is 11.8 Å². The number of carbonyl (C=O) groups excluding carboxylic acids is 2. The van der Waals surface area contributed by atoms with Crippen LogP contribution in [-0.2, 0) is 9.53 Å². The van der Waals surface area contributed by atoms with Crippen LogP contribution in [0.15, 0.2) is 48.5 Å². The fourth-order valence-corrected chi connectivity index (χ4v) is 5.84. The molecule has 4 heterocycles. The van der Waals surface area contributed by atoms with Gasteiger partial charge >= 0.3 is 6.61 Å². The number of fused-ring (bicyclic) bond motifs is 2. The Morgan fingerprint density at radius 3 is 2.35 bits per heavy atom. The van der Waals surface area contributed by atoms with Crippen LogP contribution in [0.5, 0.6) is 11.5 Å². The van der Waals surface area contributed by atoms with Crippen molar-refractivity contribution in [1.29, 1.82) is 0 Å². The zero-order valence-corrected chi connectivity index (χ0v) is 22.6. The van der Waals surface area contributed by atoms with Crippen molar-refractivity contribution in [3.8, 4) is 11.5 Å². The number of morpholine rings is 1. The normalized spacial score (nSPS) is 22.9. The first-order valence-corrected chi connectivity index (χ1v) is 13.4. The fraction of sp³-hybridized carbons (Fsp3) is 0.345. The van der Waals surface area contributed by atoms with Crippen LogP contribution in [0, 0.1) is 17.5 Å². The van der Waals surface area contributed by atoms with Gasteiger partial charge in [-0.05, 0) is 42.8 Å². The summed E-state index contributed by atoms with van der Waals surface area (Å²) in [7, 11) is 1.23. The Bertz CT molecular complexity index is 1540. The number of rotatable bonds is 8. The minimum absolute atomic E-state index is 0.0229. The van der Waals surface area contributed by atoms with Gasteiger partial charge < -0.3 is 24.4 Å². The standard InChI is InChI=1S/C29H25F5N4O5/c1-41-17-9-21(31)24(22(32)10-17)19-12-38(26-20(30)6-7-23(35-26)37-11-18-8-15(37)13-42-18)28(40)25(19)36-27(39)14-2-4-16(5-3-14)43-29(33)34/h2-7,9-10,15,18-19,25,29H,8,11-13H2,1H3,(H,36,39)/t15-,18-,19+,25+/m1/s1. The number of aromatic nitrogens is 1. The van der Waals surface area contributed by atoms with Gasteiger partial charge in [-0.2, -0.15) is 8.78 Å². The van der Waals surface area contributed by atoms with E-state index in [4.69, 9.17) is 9.47 Å². The van der Waals surface area contributed by atoms with Gasteiger partial charge in [0.05, 0.1) is 25.9 Å². The number of nitrogens with zero attached hydrogens (tertiary/aromatic N) is 3. The minimum atomic E-state index is -3.07. The average Bonchev–Trinajstić information content (AvgIpc) is 3.69. The molecular formula is C29H25F5N4O5. The second-order valence-electron chi connectivity index (χ2n) is 10.4. The van der Waals surface area contributed by atoms with Crippen molar-refractivity contribution in [3.05, 3.63) is 77.1 Å². The Labute approximate surface area is 242 Å². The van der Waals surface area contributed by atoms with Crippen molar-refractivity contribution >= 4 is 23.5 Å². The molecule has 0 spiro atoms. The zero-order chi connectivity index (χ0) is 30.4. The molecule has 1 N–H and O–H groups in total. The number of hydrogen-bond donors (Lipinski definition) is 1. The number of alkyl halides is 2. The molecule has 3 saturated heterocycles. The number of anilines is 2. The predicted molar refractivity (Wildman–Crippen MR) is 142 cm³/mol. The predicted octanol–water partition coefficient (Wildman–Crippen LogP) is 4.02. The third-order valence-electron chi connectivity index (χ3n) is 7.86. The van der Waals surface area contributed by atoms with E-state index in [2.05, 4.69) is 15.0 Å². The molecule has 3 aromatic rings. The van der Waals surface area contributed by atoms with Crippen molar-refractivity contribution in [3.63, 3.8) is 0 Å². The van der Waals surface area contributed by atoms with Gasteiger partial charge in [-0.1, -0.05) is 0 Å². The summed E-state index contributed by atoms with van der Waals surface area (Å²) < 4.78 is 85.6. The van der Waals surface area contributed by atoms with Crippen LogP contribution >= 0.6 is 0 Å². The molecule has 6 rings (SSSR count). The number of hydrogen-bond acceptors (Lipinski definition) is 7. The first-order chi connectivity index (χ1) is 20.6. The van der Waals surface area contributed by atoms with Gasteiger partial charge in [0.15, 0.2) is 11.6 Å². The first-order valence-electron chi connectivity index (χ1n) is 13.4. The summed E-state index contributed by atoms with van der Waals surface area (Å²) in [5.74, 6) is -6.12. The molecule has 2 amide bonds. The van der Waals surface area contributed by atoms with E-state index in [1.165, 1.54) is 25.3 Å². The summed E-state index contributed by atoms with van der Waals surface area (Å²) in [6.45, 7) is -2.45. The third-order valence-corrected chi connectivity index (χ3v) is 7.86. The summed E-state index contributed by atoms with van der Waals surface area (Å²) in [5.41, 5.74) is -0.548. The van der Waals surface area contributed by atoms with Gasteiger partial charge in [0, 0.05) is 42.3 Å². The molecule has 9 nitrogen and oxygen atoms in total. The van der Waals surface area contributed by atoms with Crippen LogP contribution in [0.2, 0.25) is 0 Å². The molecule has 14 heteroatoms. The Morgan fingerprint density at radius 2 is 1.74 bits per heavy atom. The molecule has 43 heavy (non-hydrogen) atoms. The number of amides is 2. The summed E-state index contributed by atoms with van der Waals surface area (Å²) in [5, 5.41) is 2.49. The molecule has 226 valence electrons. The highest BCUT2D eigenvalue weighted by atomic mass is 19.3. The fourth-order valence-electron chi connectivity index (χ4n) is 5.84. The van der Waals surface area contributed by atoms with E-state index >= 15 is 13.2 Å². The molecule has 0 saturated carbocycles. The maximum atomic E-state index is 15.3. The maximum Gasteiger partial charge on any atom is 0.387 e. The van der Waals surface area contributed by atoms with Crippen LogP contribution in [-0.4, -0.2) is 68.4 Å². The van der Waals surface area contributed by atoms with Crippen LogP contribution in [0.4, 0.5) is 33.6 Å². The highest BCUT2D eigenvalue weighted by Gasteiger charge is 2.47. The van der Waals surface area contributed by atoms with E-state index in [9.17, 15) is 18.4 Å². The minimum Gasteiger partial charge on any atom is -0.497 e. The third kappa shape index (κ3) is 5.42. The Hall–Kier alpha value is -4.46.